The minimum absolute atomic E-state index is 0.0309. The number of anilines is 3. The molecule has 11 heteroatoms. The summed E-state index contributed by atoms with van der Waals surface area (Å²) in [6, 6.07) is 22.9. The Morgan fingerprint density at radius 1 is 0.891 bits per heavy atom. The number of pyridine rings is 1. The van der Waals surface area contributed by atoms with Gasteiger partial charge in [0.05, 0.1) is 25.6 Å². The summed E-state index contributed by atoms with van der Waals surface area (Å²) < 4.78 is 12.6. The fourth-order valence-corrected chi connectivity index (χ4v) is 6.55. The zero-order chi connectivity index (χ0) is 32.2. The summed E-state index contributed by atoms with van der Waals surface area (Å²) in [6.45, 7) is 2.47. The highest BCUT2D eigenvalue weighted by atomic mass is 35.5. The number of nitrogens with one attached hydrogen (secondary N) is 3. The van der Waals surface area contributed by atoms with Crippen molar-refractivity contribution in [3.8, 4) is 11.5 Å². The third-order valence-corrected chi connectivity index (χ3v) is 8.83. The second-order valence-electron chi connectivity index (χ2n) is 11.6. The van der Waals surface area contributed by atoms with E-state index >= 15 is 0 Å². The van der Waals surface area contributed by atoms with E-state index in [1.807, 2.05) is 41.0 Å². The topological polar surface area (TPSA) is 114 Å². The molecular weight excluding hydrogens is 606 g/mol. The maximum absolute atomic E-state index is 13.3. The number of methoxy groups -OCH3 is 2. The van der Waals surface area contributed by atoms with Crippen LogP contribution in [0.25, 0.3) is 0 Å². The molecule has 4 aromatic rings. The van der Waals surface area contributed by atoms with Gasteiger partial charge in [0.2, 0.25) is 0 Å². The maximum atomic E-state index is 13.3. The Morgan fingerprint density at radius 2 is 1.70 bits per heavy atom. The number of aromatic nitrogens is 1. The predicted octanol–water partition coefficient (Wildman–Crippen LogP) is 5.76. The van der Waals surface area contributed by atoms with E-state index in [-0.39, 0.29) is 23.3 Å². The predicted molar refractivity (Wildman–Crippen MR) is 180 cm³/mol. The number of benzene rings is 3. The molecule has 46 heavy (non-hydrogen) atoms. The van der Waals surface area contributed by atoms with Gasteiger partial charge in [-0.3, -0.25) is 9.59 Å². The van der Waals surface area contributed by atoms with Crippen molar-refractivity contribution in [2.24, 2.45) is 5.92 Å². The lowest BCUT2D eigenvalue weighted by atomic mass is 9.83. The summed E-state index contributed by atoms with van der Waals surface area (Å²) in [6.07, 6.45) is 1.60. The van der Waals surface area contributed by atoms with Crippen molar-refractivity contribution in [2.75, 3.05) is 49.4 Å². The number of carbonyl (C=O) groups is 2. The maximum Gasteiger partial charge on any atom is 0.323 e. The quantitative estimate of drug-likeness (QED) is 0.214. The summed E-state index contributed by atoms with van der Waals surface area (Å²) in [5.74, 6) is 1.48. The third-order valence-electron chi connectivity index (χ3n) is 8.58. The van der Waals surface area contributed by atoms with Gasteiger partial charge < -0.3 is 34.9 Å². The van der Waals surface area contributed by atoms with Crippen molar-refractivity contribution in [3.05, 3.63) is 111 Å². The van der Waals surface area contributed by atoms with E-state index in [0.717, 1.165) is 29.9 Å². The summed E-state index contributed by atoms with van der Waals surface area (Å²) in [7, 11) is 3.18. The largest absolute Gasteiger partial charge is 0.493 e. The van der Waals surface area contributed by atoms with E-state index in [2.05, 4.69) is 20.9 Å². The van der Waals surface area contributed by atoms with Crippen molar-refractivity contribution < 1.29 is 19.1 Å². The standard InChI is InChI=1S/C35H36ClN5O5/c1-45-31-13-6-22(17-32(31)46-2)14-15-37-34(43)24-7-12-30(28(18-24)39-35(44)38-27-10-8-26(36)9-11-27)40-19-23-16-25(21-40)29-4-3-5-33(42)41(29)20-23/h3-13,17-18,23,25H,14-16,19-21H2,1-2H3,(H,37,43)(H2,38,39,44)/t23-,25+/m1/s1. The number of urea groups is 1. The number of halogens is 1. The van der Waals surface area contributed by atoms with Crippen LogP contribution in [0.4, 0.5) is 21.9 Å². The van der Waals surface area contributed by atoms with Crippen LogP contribution < -0.4 is 35.9 Å². The highest BCUT2D eigenvalue weighted by molar-refractivity contribution is 6.30. The number of ether oxygens (including phenoxy) is 2. The van der Waals surface area contributed by atoms with E-state index in [0.29, 0.717) is 59.5 Å². The lowest BCUT2D eigenvalue weighted by Gasteiger charge is -2.44. The normalized spacial score (nSPS) is 16.6. The lowest BCUT2D eigenvalue weighted by Crippen LogP contribution is -2.47. The van der Waals surface area contributed by atoms with Crippen LogP contribution in [-0.2, 0) is 13.0 Å². The van der Waals surface area contributed by atoms with Gasteiger partial charge in [-0.2, -0.15) is 0 Å². The van der Waals surface area contributed by atoms with Crippen LogP contribution in [0, 0.1) is 5.92 Å². The van der Waals surface area contributed by atoms with E-state index in [1.165, 1.54) is 0 Å². The average Bonchev–Trinajstić information content (AvgIpc) is 3.06. The first-order valence-corrected chi connectivity index (χ1v) is 15.6. The Kier molecular flexibility index (Phi) is 9.16. The van der Waals surface area contributed by atoms with Gasteiger partial charge in [0.15, 0.2) is 11.5 Å². The first-order valence-electron chi connectivity index (χ1n) is 15.2. The van der Waals surface area contributed by atoms with E-state index in [9.17, 15) is 14.4 Å². The van der Waals surface area contributed by atoms with Crippen molar-refractivity contribution >= 4 is 40.6 Å². The van der Waals surface area contributed by atoms with Gasteiger partial charge in [0.25, 0.3) is 11.5 Å². The van der Waals surface area contributed by atoms with Crippen molar-refractivity contribution in [1.29, 1.82) is 0 Å². The summed E-state index contributed by atoms with van der Waals surface area (Å²) in [5.41, 5.74) is 4.40. The molecule has 3 heterocycles. The zero-order valence-electron chi connectivity index (χ0n) is 25.7. The smallest absolute Gasteiger partial charge is 0.323 e. The Balaban J connectivity index is 1.21. The first-order chi connectivity index (χ1) is 22.3. The Bertz CT molecular complexity index is 1810. The molecule has 1 aromatic heterocycles. The van der Waals surface area contributed by atoms with Gasteiger partial charge in [-0.15, -0.1) is 0 Å². The molecular formula is C35H36ClN5O5. The zero-order valence-corrected chi connectivity index (χ0v) is 26.5. The summed E-state index contributed by atoms with van der Waals surface area (Å²) in [4.78, 5) is 41.3. The molecule has 3 N–H and O–H groups in total. The van der Waals surface area contributed by atoms with E-state index < -0.39 is 6.03 Å². The number of fused-ring (bicyclic) bond motifs is 4. The number of carbonyl (C=O) groups excluding carboxylic acids is 2. The SMILES string of the molecule is COc1ccc(CCNC(=O)c2ccc(N3C[C@H]4C[C@@H](C3)c3cccc(=O)n3C4)c(NC(=O)Nc3ccc(Cl)cc3)c2)cc1OC. The van der Waals surface area contributed by atoms with Crippen LogP contribution in [0.1, 0.15) is 34.0 Å². The molecule has 2 bridgehead atoms. The summed E-state index contributed by atoms with van der Waals surface area (Å²) in [5, 5.41) is 9.38. The van der Waals surface area contributed by atoms with Gasteiger partial charge in [0, 0.05) is 60.1 Å². The van der Waals surface area contributed by atoms with Crippen molar-refractivity contribution in [1.82, 2.24) is 9.88 Å². The number of hydrogen-bond donors (Lipinski definition) is 3. The molecule has 2 atom stereocenters. The van der Waals surface area contributed by atoms with Crippen LogP contribution in [-0.4, -0.2) is 50.4 Å². The third kappa shape index (κ3) is 6.82. The van der Waals surface area contributed by atoms with Crippen LogP contribution in [0.3, 0.4) is 0 Å². The highest BCUT2D eigenvalue weighted by Crippen LogP contribution is 2.39. The van der Waals surface area contributed by atoms with Crippen LogP contribution in [0.5, 0.6) is 11.5 Å². The number of piperidine rings is 1. The molecule has 6 rings (SSSR count). The molecule has 0 saturated carbocycles. The first kappa shape index (κ1) is 31.0. The Labute approximate surface area is 272 Å². The van der Waals surface area contributed by atoms with Crippen LogP contribution >= 0.6 is 11.6 Å². The molecule has 0 unspecified atom stereocenters. The number of rotatable bonds is 9. The minimum Gasteiger partial charge on any atom is -0.493 e. The van der Waals surface area contributed by atoms with Crippen molar-refractivity contribution in [3.63, 3.8) is 0 Å². The van der Waals surface area contributed by atoms with Gasteiger partial charge in [-0.25, -0.2) is 4.79 Å². The molecule has 1 fully saturated rings. The van der Waals surface area contributed by atoms with Gasteiger partial charge in [-0.1, -0.05) is 23.7 Å². The molecule has 0 aliphatic carbocycles. The van der Waals surface area contributed by atoms with E-state index in [4.69, 9.17) is 21.1 Å². The van der Waals surface area contributed by atoms with Gasteiger partial charge in [0.1, 0.15) is 0 Å². The van der Waals surface area contributed by atoms with E-state index in [1.54, 1.807) is 56.7 Å². The van der Waals surface area contributed by atoms with Crippen LogP contribution in [0.2, 0.25) is 5.02 Å². The Hall–Kier alpha value is -4.96. The molecule has 0 spiro atoms. The number of nitrogens with zero attached hydrogens (tertiary/aromatic N) is 2. The van der Waals surface area contributed by atoms with Gasteiger partial charge in [-0.05, 0) is 85.0 Å². The van der Waals surface area contributed by atoms with Crippen LogP contribution in [0.15, 0.2) is 83.7 Å². The van der Waals surface area contributed by atoms with Crippen molar-refractivity contribution in [2.45, 2.75) is 25.3 Å². The highest BCUT2D eigenvalue weighted by Gasteiger charge is 2.35. The Morgan fingerprint density at radius 3 is 2.48 bits per heavy atom. The second-order valence-corrected chi connectivity index (χ2v) is 12.1. The molecule has 3 aromatic carbocycles. The van der Waals surface area contributed by atoms with Gasteiger partial charge >= 0.3 is 6.03 Å². The molecule has 3 amide bonds. The molecule has 10 nitrogen and oxygen atoms in total. The fraction of sp³-hybridized carbons (Fsp3) is 0.286. The molecule has 0 radical (unpaired) electrons. The number of hydrogen-bond acceptors (Lipinski definition) is 6. The monoisotopic (exact) mass is 641 g/mol. The summed E-state index contributed by atoms with van der Waals surface area (Å²) >= 11 is 6.01. The molecule has 2 aliphatic heterocycles. The molecule has 238 valence electrons. The molecule has 2 aliphatic rings. The second kappa shape index (κ2) is 13.6. The lowest BCUT2D eigenvalue weighted by molar-refractivity contribution is 0.0954. The molecule has 1 saturated heterocycles. The average molecular weight is 642 g/mol. The minimum atomic E-state index is -0.441. The number of amides is 3. The fourth-order valence-electron chi connectivity index (χ4n) is 6.42.